The normalized spacial score (nSPS) is 28.4. The first-order valence-electron chi connectivity index (χ1n) is 6.70. The molecule has 0 bridgehead atoms. The quantitative estimate of drug-likeness (QED) is 0.827. The van der Waals surface area contributed by atoms with Gasteiger partial charge in [0.1, 0.15) is 0 Å². The third kappa shape index (κ3) is 4.12. The Bertz CT molecular complexity index is 254. The molecule has 17 heavy (non-hydrogen) atoms. The molecule has 0 saturated carbocycles. The molecular formula is C13H26N2OS. The van der Waals surface area contributed by atoms with Crippen molar-refractivity contribution in [3.63, 3.8) is 0 Å². The van der Waals surface area contributed by atoms with Crippen molar-refractivity contribution in [2.45, 2.75) is 37.5 Å². The van der Waals surface area contributed by atoms with Crippen molar-refractivity contribution >= 4 is 11.8 Å². The summed E-state index contributed by atoms with van der Waals surface area (Å²) in [5, 5.41) is 3.27. The van der Waals surface area contributed by atoms with E-state index in [0.717, 1.165) is 26.2 Å². The van der Waals surface area contributed by atoms with Crippen LogP contribution in [0.2, 0.25) is 0 Å². The van der Waals surface area contributed by atoms with Gasteiger partial charge in [-0.3, -0.25) is 0 Å². The van der Waals surface area contributed by atoms with Crippen LogP contribution in [0.3, 0.4) is 0 Å². The van der Waals surface area contributed by atoms with E-state index in [2.05, 4.69) is 42.7 Å². The largest absolute Gasteiger partial charge is 0.371 e. The number of hydrogen-bond acceptors (Lipinski definition) is 4. The molecule has 4 heteroatoms. The van der Waals surface area contributed by atoms with E-state index >= 15 is 0 Å². The molecule has 2 aliphatic heterocycles. The summed E-state index contributed by atoms with van der Waals surface area (Å²) in [4.78, 5) is 2.55. The number of thioether (sulfide) groups is 1. The molecule has 0 aromatic carbocycles. The molecule has 0 spiro atoms. The van der Waals surface area contributed by atoms with Crippen molar-refractivity contribution in [1.82, 2.24) is 10.2 Å². The summed E-state index contributed by atoms with van der Waals surface area (Å²) in [5.41, 5.74) is 0.111. The van der Waals surface area contributed by atoms with Crippen LogP contribution in [0.4, 0.5) is 0 Å². The van der Waals surface area contributed by atoms with Gasteiger partial charge in [0.05, 0.1) is 12.2 Å². The molecule has 0 aliphatic carbocycles. The number of hydrogen-bond donors (Lipinski definition) is 1. The molecular weight excluding hydrogens is 232 g/mol. The molecule has 2 rings (SSSR count). The fraction of sp³-hybridized carbons (Fsp3) is 1.00. The Labute approximate surface area is 110 Å². The predicted octanol–water partition coefficient (Wildman–Crippen LogP) is 1.58. The van der Waals surface area contributed by atoms with Crippen LogP contribution in [-0.4, -0.2) is 60.3 Å². The highest BCUT2D eigenvalue weighted by Gasteiger charge is 2.32. The lowest BCUT2D eigenvalue weighted by atomic mass is 10.0. The van der Waals surface area contributed by atoms with Gasteiger partial charge in [-0.25, -0.2) is 0 Å². The van der Waals surface area contributed by atoms with Crippen LogP contribution in [0.5, 0.6) is 0 Å². The van der Waals surface area contributed by atoms with Gasteiger partial charge in [-0.15, -0.1) is 0 Å². The summed E-state index contributed by atoms with van der Waals surface area (Å²) >= 11 is 2.11. The zero-order chi connectivity index (χ0) is 12.4. The topological polar surface area (TPSA) is 24.5 Å². The minimum atomic E-state index is 0.111. The van der Waals surface area contributed by atoms with E-state index in [4.69, 9.17) is 4.74 Å². The summed E-state index contributed by atoms with van der Waals surface area (Å²) in [6.07, 6.45) is 1.29. The number of rotatable bonds is 4. The van der Waals surface area contributed by atoms with Gasteiger partial charge in [0, 0.05) is 36.7 Å². The second-order valence-electron chi connectivity index (χ2n) is 6.10. The van der Waals surface area contributed by atoms with Crippen LogP contribution < -0.4 is 5.32 Å². The Morgan fingerprint density at radius 2 is 2.00 bits per heavy atom. The molecule has 2 fully saturated rings. The average molecular weight is 258 g/mol. The van der Waals surface area contributed by atoms with Crippen molar-refractivity contribution in [3.8, 4) is 0 Å². The summed E-state index contributed by atoms with van der Waals surface area (Å²) in [5.74, 6) is 1.26. The third-order valence-corrected chi connectivity index (χ3v) is 5.16. The number of nitrogens with zero attached hydrogens (tertiary/aromatic N) is 1. The summed E-state index contributed by atoms with van der Waals surface area (Å²) < 4.78 is 6.41. The number of nitrogens with one attached hydrogen (secondary N) is 1. The highest BCUT2D eigenvalue weighted by atomic mass is 32.2. The van der Waals surface area contributed by atoms with Crippen LogP contribution in [0.1, 0.15) is 27.2 Å². The first-order valence-corrected chi connectivity index (χ1v) is 7.69. The van der Waals surface area contributed by atoms with Gasteiger partial charge >= 0.3 is 0 Å². The third-order valence-electron chi connectivity index (χ3n) is 3.79. The maximum atomic E-state index is 5.95. The van der Waals surface area contributed by atoms with Gasteiger partial charge in [-0.1, -0.05) is 13.8 Å². The fourth-order valence-electron chi connectivity index (χ4n) is 2.29. The fourth-order valence-corrected chi connectivity index (χ4v) is 3.42. The van der Waals surface area contributed by atoms with Crippen molar-refractivity contribution in [2.75, 3.05) is 45.1 Å². The Hall–Kier alpha value is 0.230. The molecule has 2 aliphatic rings. The molecule has 2 saturated heterocycles. The van der Waals surface area contributed by atoms with Crippen LogP contribution >= 0.6 is 11.8 Å². The zero-order valence-corrected chi connectivity index (χ0v) is 12.2. The lowest BCUT2D eigenvalue weighted by molar-refractivity contribution is -0.0718. The first kappa shape index (κ1) is 13.7. The molecule has 1 N–H and O–H groups in total. The predicted molar refractivity (Wildman–Crippen MR) is 74.8 cm³/mol. The minimum absolute atomic E-state index is 0.111. The van der Waals surface area contributed by atoms with E-state index < -0.39 is 0 Å². The van der Waals surface area contributed by atoms with Crippen LogP contribution in [0, 0.1) is 0 Å². The molecule has 2 heterocycles. The monoisotopic (exact) mass is 258 g/mol. The molecule has 3 nitrogen and oxygen atoms in total. The van der Waals surface area contributed by atoms with Crippen LogP contribution in [0.15, 0.2) is 0 Å². The molecule has 0 amide bonds. The van der Waals surface area contributed by atoms with Crippen molar-refractivity contribution in [2.24, 2.45) is 0 Å². The molecule has 0 atom stereocenters. The van der Waals surface area contributed by atoms with Crippen molar-refractivity contribution < 1.29 is 4.74 Å². The molecule has 0 aromatic rings. The summed E-state index contributed by atoms with van der Waals surface area (Å²) in [6.45, 7) is 13.3. The Kier molecular flexibility index (Phi) is 4.40. The van der Waals surface area contributed by atoms with Gasteiger partial charge < -0.3 is 15.0 Å². The van der Waals surface area contributed by atoms with E-state index in [0.29, 0.717) is 4.75 Å². The smallest absolute Gasteiger partial charge is 0.0902 e. The van der Waals surface area contributed by atoms with E-state index in [1.165, 1.54) is 25.3 Å². The summed E-state index contributed by atoms with van der Waals surface area (Å²) in [7, 11) is 0. The van der Waals surface area contributed by atoms with E-state index in [1.54, 1.807) is 0 Å². The molecule has 0 unspecified atom stereocenters. The Balaban J connectivity index is 1.65. The highest BCUT2D eigenvalue weighted by molar-refractivity contribution is 8.00. The van der Waals surface area contributed by atoms with E-state index in [9.17, 15) is 0 Å². The second kappa shape index (κ2) is 5.47. The lowest BCUT2D eigenvalue weighted by Gasteiger charge is -2.39. The molecule has 0 radical (unpaired) electrons. The SMILES string of the molecule is CC1(OCCN2CCSC(C)(C)CC2)CNC1. The van der Waals surface area contributed by atoms with Crippen LogP contribution in [0.25, 0.3) is 0 Å². The van der Waals surface area contributed by atoms with Gasteiger partial charge in [0.2, 0.25) is 0 Å². The van der Waals surface area contributed by atoms with Crippen molar-refractivity contribution in [3.05, 3.63) is 0 Å². The number of ether oxygens (including phenoxy) is 1. The second-order valence-corrected chi connectivity index (χ2v) is 7.90. The highest BCUT2D eigenvalue weighted by Crippen LogP contribution is 2.30. The van der Waals surface area contributed by atoms with Gasteiger partial charge in [0.25, 0.3) is 0 Å². The van der Waals surface area contributed by atoms with Gasteiger partial charge in [-0.05, 0) is 19.9 Å². The standard InChI is InChI=1S/C13H26N2OS/c1-12(2)4-5-15(7-9-17-12)6-8-16-13(3)10-14-11-13/h14H,4-11H2,1-3H3. The van der Waals surface area contributed by atoms with Gasteiger partial charge in [-0.2, -0.15) is 11.8 Å². The Morgan fingerprint density at radius 3 is 2.65 bits per heavy atom. The van der Waals surface area contributed by atoms with Crippen molar-refractivity contribution in [1.29, 1.82) is 0 Å². The molecule has 0 aromatic heterocycles. The van der Waals surface area contributed by atoms with E-state index in [1.807, 2.05) is 0 Å². The maximum Gasteiger partial charge on any atom is 0.0902 e. The van der Waals surface area contributed by atoms with Gasteiger partial charge in [0.15, 0.2) is 0 Å². The van der Waals surface area contributed by atoms with Crippen LogP contribution in [-0.2, 0) is 4.74 Å². The minimum Gasteiger partial charge on any atom is -0.371 e. The lowest BCUT2D eigenvalue weighted by Crippen LogP contribution is -2.59. The zero-order valence-electron chi connectivity index (χ0n) is 11.4. The first-order chi connectivity index (χ1) is 7.99. The summed E-state index contributed by atoms with van der Waals surface area (Å²) in [6, 6.07) is 0. The molecule has 100 valence electrons. The maximum absolute atomic E-state index is 5.95. The van der Waals surface area contributed by atoms with E-state index in [-0.39, 0.29) is 5.60 Å². The average Bonchev–Trinajstić information content (AvgIpc) is 2.38. The Morgan fingerprint density at radius 1 is 1.24 bits per heavy atom.